The van der Waals surface area contributed by atoms with E-state index >= 15 is 0 Å². The molecular formula is C13H25NO. The maximum atomic E-state index is 6.28. The Hall–Kier alpha value is -0.0800. The highest BCUT2D eigenvalue weighted by Gasteiger charge is 2.42. The molecular weight excluding hydrogens is 186 g/mol. The van der Waals surface area contributed by atoms with Gasteiger partial charge in [-0.05, 0) is 66.0 Å². The summed E-state index contributed by atoms with van der Waals surface area (Å²) in [5.74, 6) is 0. The van der Waals surface area contributed by atoms with Crippen LogP contribution < -0.4 is 0 Å². The Balaban J connectivity index is 1.90. The number of hydrogen-bond acceptors (Lipinski definition) is 2. The van der Waals surface area contributed by atoms with E-state index in [1.807, 2.05) is 0 Å². The minimum Gasteiger partial charge on any atom is -0.368 e. The molecule has 2 heteroatoms. The first kappa shape index (κ1) is 11.4. The van der Waals surface area contributed by atoms with E-state index in [0.29, 0.717) is 0 Å². The third kappa shape index (κ3) is 2.94. The van der Waals surface area contributed by atoms with Crippen LogP contribution in [0.3, 0.4) is 0 Å². The first-order valence-corrected chi connectivity index (χ1v) is 6.42. The van der Waals surface area contributed by atoms with Gasteiger partial charge in [0.1, 0.15) is 0 Å². The molecule has 15 heavy (non-hydrogen) atoms. The van der Waals surface area contributed by atoms with Crippen LogP contribution >= 0.6 is 0 Å². The van der Waals surface area contributed by atoms with Gasteiger partial charge in [0, 0.05) is 6.54 Å². The van der Waals surface area contributed by atoms with Gasteiger partial charge in [-0.1, -0.05) is 0 Å². The van der Waals surface area contributed by atoms with Gasteiger partial charge >= 0.3 is 0 Å². The van der Waals surface area contributed by atoms with Crippen LogP contribution in [0.5, 0.6) is 0 Å². The average molecular weight is 211 g/mol. The highest BCUT2D eigenvalue weighted by molar-refractivity contribution is 4.95. The molecule has 0 amide bonds. The van der Waals surface area contributed by atoms with Crippen molar-refractivity contribution in [1.29, 1.82) is 0 Å². The highest BCUT2D eigenvalue weighted by atomic mass is 16.5. The van der Waals surface area contributed by atoms with Crippen LogP contribution in [-0.2, 0) is 4.74 Å². The topological polar surface area (TPSA) is 12.5 Å². The number of rotatable bonds is 3. The monoisotopic (exact) mass is 211 g/mol. The van der Waals surface area contributed by atoms with Gasteiger partial charge in [0.15, 0.2) is 0 Å². The van der Waals surface area contributed by atoms with E-state index in [9.17, 15) is 0 Å². The number of likely N-dealkylation sites (tertiary alicyclic amines) is 1. The number of hydrogen-bond donors (Lipinski definition) is 0. The minimum absolute atomic E-state index is 0.0140. The summed E-state index contributed by atoms with van der Waals surface area (Å²) in [7, 11) is 0. The number of nitrogens with zero attached hydrogens (tertiary/aromatic N) is 1. The van der Waals surface area contributed by atoms with E-state index in [1.165, 1.54) is 51.7 Å². The Morgan fingerprint density at radius 3 is 2.07 bits per heavy atom. The molecule has 2 rings (SSSR count). The van der Waals surface area contributed by atoms with Crippen molar-refractivity contribution in [3.8, 4) is 0 Å². The average Bonchev–Trinajstić information content (AvgIpc) is 2.50. The number of ether oxygens (including phenoxy) is 1. The summed E-state index contributed by atoms with van der Waals surface area (Å²) >= 11 is 0. The van der Waals surface area contributed by atoms with Crippen molar-refractivity contribution in [3.05, 3.63) is 0 Å². The van der Waals surface area contributed by atoms with Crippen molar-refractivity contribution in [2.75, 3.05) is 19.6 Å². The Kier molecular flexibility index (Phi) is 3.09. The fraction of sp³-hybridized carbons (Fsp3) is 1.00. The molecule has 2 fully saturated rings. The molecule has 1 saturated heterocycles. The second-order valence-corrected chi connectivity index (χ2v) is 6.23. The normalized spacial score (nSPS) is 26.6. The summed E-state index contributed by atoms with van der Waals surface area (Å²) in [6.07, 6.45) is 6.64. The van der Waals surface area contributed by atoms with Crippen molar-refractivity contribution < 1.29 is 4.74 Å². The van der Waals surface area contributed by atoms with Crippen LogP contribution in [0.2, 0.25) is 0 Å². The van der Waals surface area contributed by atoms with Crippen molar-refractivity contribution in [3.63, 3.8) is 0 Å². The molecule has 2 nitrogen and oxygen atoms in total. The van der Waals surface area contributed by atoms with E-state index in [0.717, 1.165) is 0 Å². The standard InChI is InChI=1S/C13H25NO/c1-12(2,3)15-13(7-6-8-13)11-14-9-4-5-10-14/h4-11H2,1-3H3. The zero-order chi connectivity index (χ0) is 10.9. The van der Waals surface area contributed by atoms with Crippen LogP contribution in [0.4, 0.5) is 0 Å². The predicted octanol–water partition coefficient (Wildman–Crippen LogP) is 2.82. The third-order valence-corrected chi connectivity index (χ3v) is 3.50. The molecule has 1 aliphatic carbocycles. The van der Waals surface area contributed by atoms with E-state index in [2.05, 4.69) is 25.7 Å². The lowest BCUT2D eigenvalue weighted by Gasteiger charge is -2.47. The summed E-state index contributed by atoms with van der Waals surface area (Å²) in [6, 6.07) is 0. The molecule has 0 aromatic heterocycles. The molecule has 88 valence electrons. The zero-order valence-electron chi connectivity index (χ0n) is 10.5. The summed E-state index contributed by atoms with van der Waals surface area (Å²) < 4.78 is 6.28. The summed E-state index contributed by atoms with van der Waals surface area (Å²) in [5.41, 5.74) is 0.211. The smallest absolute Gasteiger partial charge is 0.0815 e. The molecule has 1 heterocycles. The minimum atomic E-state index is 0.0140. The Morgan fingerprint density at radius 1 is 1.07 bits per heavy atom. The predicted molar refractivity (Wildman–Crippen MR) is 63.1 cm³/mol. The van der Waals surface area contributed by atoms with Gasteiger partial charge in [0.2, 0.25) is 0 Å². The van der Waals surface area contributed by atoms with Crippen molar-refractivity contribution in [2.24, 2.45) is 0 Å². The first-order valence-electron chi connectivity index (χ1n) is 6.42. The molecule has 0 unspecified atom stereocenters. The molecule has 2 aliphatic rings. The maximum absolute atomic E-state index is 6.28. The van der Waals surface area contributed by atoms with Crippen molar-refractivity contribution in [2.45, 2.75) is 64.1 Å². The fourth-order valence-electron chi connectivity index (χ4n) is 2.86. The second kappa shape index (κ2) is 4.06. The van der Waals surface area contributed by atoms with E-state index in [-0.39, 0.29) is 11.2 Å². The first-order chi connectivity index (χ1) is 6.99. The van der Waals surface area contributed by atoms with E-state index in [1.54, 1.807) is 0 Å². The van der Waals surface area contributed by atoms with Crippen molar-refractivity contribution in [1.82, 2.24) is 4.90 Å². The van der Waals surface area contributed by atoms with E-state index in [4.69, 9.17) is 4.74 Å². The van der Waals surface area contributed by atoms with Gasteiger partial charge in [0.05, 0.1) is 11.2 Å². The second-order valence-electron chi connectivity index (χ2n) is 6.23. The summed E-state index contributed by atoms with van der Waals surface area (Å²) in [6.45, 7) is 10.3. The summed E-state index contributed by atoms with van der Waals surface area (Å²) in [5, 5.41) is 0. The van der Waals surface area contributed by atoms with Crippen LogP contribution in [0.15, 0.2) is 0 Å². The van der Waals surface area contributed by atoms with Crippen LogP contribution in [0.1, 0.15) is 52.9 Å². The Bertz CT molecular complexity index is 209. The lowest BCUT2D eigenvalue weighted by molar-refractivity contribution is -0.179. The Morgan fingerprint density at radius 2 is 1.67 bits per heavy atom. The molecule has 0 bridgehead atoms. The highest BCUT2D eigenvalue weighted by Crippen LogP contribution is 2.39. The van der Waals surface area contributed by atoms with E-state index < -0.39 is 0 Å². The fourth-order valence-corrected chi connectivity index (χ4v) is 2.86. The van der Waals surface area contributed by atoms with Gasteiger partial charge in [-0.25, -0.2) is 0 Å². The lowest BCUT2D eigenvalue weighted by atomic mass is 9.79. The molecule has 0 spiro atoms. The van der Waals surface area contributed by atoms with Gasteiger partial charge in [0.25, 0.3) is 0 Å². The van der Waals surface area contributed by atoms with Crippen LogP contribution in [-0.4, -0.2) is 35.7 Å². The van der Waals surface area contributed by atoms with Gasteiger partial charge < -0.3 is 9.64 Å². The maximum Gasteiger partial charge on any atom is 0.0815 e. The zero-order valence-corrected chi connectivity index (χ0v) is 10.5. The molecule has 0 N–H and O–H groups in total. The summed E-state index contributed by atoms with van der Waals surface area (Å²) in [4.78, 5) is 2.59. The molecule has 0 aromatic rings. The largest absolute Gasteiger partial charge is 0.368 e. The quantitative estimate of drug-likeness (QED) is 0.712. The lowest BCUT2D eigenvalue weighted by Crippen LogP contribution is -2.52. The molecule has 0 radical (unpaired) electrons. The van der Waals surface area contributed by atoms with Gasteiger partial charge in [-0.15, -0.1) is 0 Å². The third-order valence-electron chi connectivity index (χ3n) is 3.50. The van der Waals surface area contributed by atoms with Crippen molar-refractivity contribution >= 4 is 0 Å². The Labute approximate surface area is 94.0 Å². The molecule has 1 aliphatic heterocycles. The van der Waals surface area contributed by atoms with Crippen LogP contribution in [0, 0.1) is 0 Å². The molecule has 1 saturated carbocycles. The van der Waals surface area contributed by atoms with Gasteiger partial charge in [-0.3, -0.25) is 0 Å². The van der Waals surface area contributed by atoms with Crippen LogP contribution in [0.25, 0.3) is 0 Å². The van der Waals surface area contributed by atoms with Gasteiger partial charge in [-0.2, -0.15) is 0 Å². The molecule has 0 aromatic carbocycles. The molecule has 0 atom stereocenters. The SMILES string of the molecule is CC(C)(C)OC1(CN2CCCC2)CCC1.